The van der Waals surface area contributed by atoms with Crippen LogP contribution in [0.15, 0.2) is 75.6 Å². The third kappa shape index (κ3) is 4.35. The lowest BCUT2D eigenvalue weighted by molar-refractivity contribution is 0.0924. The zero-order chi connectivity index (χ0) is 23.8. The summed E-state index contributed by atoms with van der Waals surface area (Å²) in [5, 5.41) is 3.55. The van der Waals surface area contributed by atoms with Gasteiger partial charge in [0.15, 0.2) is 11.3 Å². The van der Waals surface area contributed by atoms with E-state index in [1.165, 1.54) is 11.1 Å². The molecule has 0 bridgehead atoms. The van der Waals surface area contributed by atoms with Gasteiger partial charge in [-0.15, -0.1) is 0 Å². The smallest absolute Gasteiger partial charge is 0.287 e. The number of hydrogen-bond donors (Lipinski definition) is 1. The third-order valence-electron chi connectivity index (χ3n) is 5.94. The number of halogens is 1. The molecule has 0 radical (unpaired) electrons. The fourth-order valence-electron chi connectivity index (χ4n) is 3.70. The van der Waals surface area contributed by atoms with E-state index in [1.54, 1.807) is 12.1 Å². The number of benzene rings is 3. The van der Waals surface area contributed by atoms with Crippen LogP contribution in [0.4, 0.5) is 0 Å². The number of nitrogens with one attached hydrogen (secondary N) is 1. The Labute approximate surface area is 202 Å². The summed E-state index contributed by atoms with van der Waals surface area (Å²) >= 11 is 6.20. The van der Waals surface area contributed by atoms with Gasteiger partial charge >= 0.3 is 0 Å². The van der Waals surface area contributed by atoms with Crippen molar-refractivity contribution in [1.29, 1.82) is 0 Å². The van der Waals surface area contributed by atoms with E-state index in [9.17, 15) is 4.79 Å². The van der Waals surface area contributed by atoms with E-state index in [2.05, 4.69) is 24.1 Å². The highest BCUT2D eigenvalue weighted by molar-refractivity contribution is 6.31. The molecule has 2 aromatic heterocycles. The molecule has 1 amide bonds. The van der Waals surface area contributed by atoms with Gasteiger partial charge in [-0.25, -0.2) is 4.98 Å². The molecule has 0 fully saturated rings. The zero-order valence-electron chi connectivity index (χ0n) is 19.1. The van der Waals surface area contributed by atoms with Crippen molar-refractivity contribution in [2.24, 2.45) is 0 Å². The first-order valence-electron chi connectivity index (χ1n) is 11.0. The lowest BCUT2D eigenvalue weighted by Gasteiger charge is -2.05. The van der Waals surface area contributed by atoms with Crippen molar-refractivity contribution in [3.05, 3.63) is 99.8 Å². The molecule has 0 saturated heterocycles. The quantitative estimate of drug-likeness (QED) is 0.293. The minimum Gasteiger partial charge on any atom is -0.451 e. The monoisotopic (exact) mass is 470 g/mol. The molecule has 1 N–H and O–H groups in total. The molecule has 2 heterocycles. The number of oxazole rings is 1. The minimum absolute atomic E-state index is 0.250. The van der Waals surface area contributed by atoms with E-state index in [0.717, 1.165) is 33.4 Å². The number of fused-ring (bicyclic) bond motifs is 1. The highest BCUT2D eigenvalue weighted by atomic mass is 35.5. The number of aryl methyl sites for hydroxylation is 3. The Hall–Kier alpha value is -3.83. The first kappa shape index (κ1) is 22.0. The number of nitrogens with zero attached hydrogens (tertiary/aromatic N) is 1. The van der Waals surface area contributed by atoms with E-state index in [-0.39, 0.29) is 11.7 Å². The van der Waals surface area contributed by atoms with Gasteiger partial charge in [-0.3, -0.25) is 4.79 Å². The summed E-state index contributed by atoms with van der Waals surface area (Å²) < 4.78 is 11.7. The van der Waals surface area contributed by atoms with Gasteiger partial charge in [-0.05, 0) is 85.5 Å². The largest absolute Gasteiger partial charge is 0.451 e. The molecule has 3 aromatic carbocycles. The fourth-order valence-corrected chi connectivity index (χ4v) is 3.88. The SMILES string of the molecule is Cc1cc2nc(-c3ccc(CNC(=O)c4ccc(-c5ccc(C)c(Cl)c5)o4)cc3)oc2cc1C. The average molecular weight is 471 g/mol. The molecule has 5 aromatic rings. The van der Waals surface area contributed by atoms with Crippen molar-refractivity contribution in [2.75, 3.05) is 0 Å². The summed E-state index contributed by atoms with van der Waals surface area (Å²) in [6.45, 7) is 6.43. The predicted octanol–water partition coefficient (Wildman–Crippen LogP) is 7.26. The minimum atomic E-state index is -0.279. The zero-order valence-corrected chi connectivity index (χ0v) is 19.9. The van der Waals surface area contributed by atoms with Crippen molar-refractivity contribution in [2.45, 2.75) is 27.3 Å². The van der Waals surface area contributed by atoms with Gasteiger partial charge in [0.05, 0.1) is 0 Å². The molecule has 34 heavy (non-hydrogen) atoms. The molecular weight excluding hydrogens is 448 g/mol. The Morgan fingerprint density at radius 3 is 2.35 bits per heavy atom. The van der Waals surface area contributed by atoms with E-state index >= 15 is 0 Å². The lowest BCUT2D eigenvalue weighted by Crippen LogP contribution is -2.22. The molecule has 6 heteroatoms. The number of carbonyl (C=O) groups is 1. The fraction of sp³-hybridized carbons (Fsp3) is 0.143. The number of hydrogen-bond acceptors (Lipinski definition) is 4. The van der Waals surface area contributed by atoms with Gasteiger partial charge < -0.3 is 14.2 Å². The Morgan fingerprint density at radius 1 is 0.853 bits per heavy atom. The van der Waals surface area contributed by atoms with Crippen molar-refractivity contribution >= 4 is 28.6 Å². The third-order valence-corrected chi connectivity index (χ3v) is 6.35. The average Bonchev–Trinajstić information content (AvgIpc) is 3.48. The van der Waals surface area contributed by atoms with Crippen LogP contribution in [0.5, 0.6) is 0 Å². The standard InChI is InChI=1S/C28H23ClN2O3/c1-16-4-7-21(14-22(16)29)24-10-11-25(33-24)27(32)30-15-19-5-8-20(9-6-19)28-31-23-12-17(2)18(3)13-26(23)34-28/h4-14H,15H2,1-3H3,(H,30,32). The van der Waals surface area contributed by atoms with Gasteiger partial charge in [-0.2, -0.15) is 0 Å². The van der Waals surface area contributed by atoms with E-state index in [1.807, 2.05) is 61.5 Å². The molecule has 0 aliphatic heterocycles. The number of rotatable bonds is 5. The molecule has 5 rings (SSSR count). The maximum absolute atomic E-state index is 12.6. The molecular formula is C28H23ClN2O3. The maximum Gasteiger partial charge on any atom is 0.287 e. The highest BCUT2D eigenvalue weighted by Crippen LogP contribution is 2.28. The van der Waals surface area contributed by atoms with Crippen molar-refractivity contribution in [1.82, 2.24) is 10.3 Å². The first-order chi connectivity index (χ1) is 16.4. The van der Waals surface area contributed by atoms with Crippen LogP contribution in [0.2, 0.25) is 5.02 Å². The Morgan fingerprint density at radius 2 is 1.59 bits per heavy atom. The second-order valence-corrected chi connectivity index (χ2v) is 8.84. The summed E-state index contributed by atoms with van der Waals surface area (Å²) in [4.78, 5) is 17.2. The number of furan rings is 1. The molecule has 5 nitrogen and oxygen atoms in total. The van der Waals surface area contributed by atoms with Crippen LogP contribution in [0.3, 0.4) is 0 Å². The lowest BCUT2D eigenvalue weighted by atomic mass is 10.1. The predicted molar refractivity (Wildman–Crippen MR) is 134 cm³/mol. The van der Waals surface area contributed by atoms with Crippen LogP contribution >= 0.6 is 11.6 Å². The van der Waals surface area contributed by atoms with Crippen molar-refractivity contribution in [3.63, 3.8) is 0 Å². The van der Waals surface area contributed by atoms with Crippen LogP contribution in [-0.4, -0.2) is 10.9 Å². The topological polar surface area (TPSA) is 68.3 Å². The summed E-state index contributed by atoms with van der Waals surface area (Å²) in [5.41, 5.74) is 7.64. The molecule has 0 atom stereocenters. The van der Waals surface area contributed by atoms with Gasteiger partial charge in [-0.1, -0.05) is 35.9 Å². The Bertz CT molecular complexity index is 1470. The molecule has 170 valence electrons. The number of aromatic nitrogens is 1. The molecule has 0 saturated carbocycles. The number of amides is 1. The Balaban J connectivity index is 1.25. The van der Waals surface area contributed by atoms with E-state index in [4.69, 9.17) is 20.4 Å². The second kappa shape index (κ2) is 8.84. The van der Waals surface area contributed by atoms with Crippen molar-refractivity contribution < 1.29 is 13.6 Å². The summed E-state index contributed by atoms with van der Waals surface area (Å²) in [5.74, 6) is 1.15. The van der Waals surface area contributed by atoms with Crippen LogP contribution in [0.25, 0.3) is 33.9 Å². The van der Waals surface area contributed by atoms with Crippen molar-refractivity contribution in [3.8, 4) is 22.8 Å². The van der Waals surface area contributed by atoms with Gasteiger partial charge in [0.2, 0.25) is 5.89 Å². The molecule has 0 spiro atoms. The summed E-state index contributed by atoms with van der Waals surface area (Å²) in [7, 11) is 0. The van der Waals surface area contributed by atoms with Gasteiger partial charge in [0.25, 0.3) is 5.91 Å². The molecule has 0 unspecified atom stereocenters. The van der Waals surface area contributed by atoms with Crippen LogP contribution in [0, 0.1) is 20.8 Å². The van der Waals surface area contributed by atoms with Crippen LogP contribution in [-0.2, 0) is 6.54 Å². The van der Waals surface area contributed by atoms with Crippen LogP contribution in [0.1, 0.15) is 32.8 Å². The van der Waals surface area contributed by atoms with E-state index < -0.39 is 0 Å². The molecule has 0 aliphatic carbocycles. The first-order valence-corrected chi connectivity index (χ1v) is 11.4. The molecule has 0 aliphatic rings. The summed E-state index contributed by atoms with van der Waals surface area (Å²) in [6, 6.07) is 20.9. The van der Waals surface area contributed by atoms with E-state index in [0.29, 0.717) is 23.2 Å². The van der Waals surface area contributed by atoms with Crippen LogP contribution < -0.4 is 5.32 Å². The normalized spacial score (nSPS) is 11.2. The van der Waals surface area contributed by atoms with Gasteiger partial charge in [0, 0.05) is 22.7 Å². The van der Waals surface area contributed by atoms with Gasteiger partial charge in [0.1, 0.15) is 11.3 Å². The second-order valence-electron chi connectivity index (χ2n) is 8.43. The number of carbonyl (C=O) groups excluding carboxylic acids is 1. The highest BCUT2D eigenvalue weighted by Gasteiger charge is 2.14. The summed E-state index contributed by atoms with van der Waals surface area (Å²) in [6.07, 6.45) is 0. The maximum atomic E-state index is 12.6. The Kier molecular flexibility index (Phi) is 5.72.